The second kappa shape index (κ2) is 5.32. The predicted molar refractivity (Wildman–Crippen MR) is 70.1 cm³/mol. The fraction of sp³-hybridized carbons (Fsp3) is 0. The van der Waals surface area contributed by atoms with Crippen molar-refractivity contribution in [3.05, 3.63) is 56.1 Å². The topological polar surface area (TPSA) is 65.3 Å². The fourth-order valence-electron chi connectivity index (χ4n) is 1.21. The maximum Gasteiger partial charge on any atom is 0.287 e. The van der Waals surface area contributed by atoms with Gasteiger partial charge in [-0.15, -0.1) is 0 Å². The largest absolute Gasteiger partial charge is 0.438 e. The first kappa shape index (κ1) is 12.8. The summed E-state index contributed by atoms with van der Waals surface area (Å²) < 4.78 is 6.14. The zero-order valence-electron chi connectivity index (χ0n) is 8.84. The predicted octanol–water partition coefficient (Wildman–Crippen LogP) is 4.20. The van der Waals surface area contributed by atoms with E-state index in [1.54, 1.807) is 18.2 Å². The van der Waals surface area contributed by atoms with Crippen LogP contribution in [0.1, 0.15) is 0 Å². The lowest BCUT2D eigenvalue weighted by molar-refractivity contribution is -0.385. The molecule has 0 radical (unpaired) electrons. The number of benzene rings is 1. The quantitative estimate of drug-likeness (QED) is 0.625. The fourth-order valence-corrected chi connectivity index (χ4v) is 1.98. The van der Waals surface area contributed by atoms with E-state index in [9.17, 15) is 10.1 Å². The van der Waals surface area contributed by atoms with Crippen molar-refractivity contribution in [2.75, 3.05) is 0 Å². The molecule has 1 aromatic carbocycles. The highest BCUT2D eigenvalue weighted by atomic mass is 79.9. The third-order valence-corrected chi connectivity index (χ3v) is 2.89. The van der Waals surface area contributed by atoms with Crippen molar-refractivity contribution in [1.82, 2.24) is 4.98 Å². The second-order valence-electron chi connectivity index (χ2n) is 3.29. The van der Waals surface area contributed by atoms with E-state index in [-0.39, 0.29) is 11.6 Å². The maximum absolute atomic E-state index is 10.5. The molecule has 0 spiro atoms. The number of halogens is 2. The summed E-state index contributed by atoms with van der Waals surface area (Å²) in [6.45, 7) is 0. The lowest BCUT2D eigenvalue weighted by Gasteiger charge is -2.06. The third kappa shape index (κ3) is 2.96. The van der Waals surface area contributed by atoms with Gasteiger partial charge in [-0.25, -0.2) is 4.98 Å². The molecule has 5 nitrogen and oxygen atoms in total. The normalized spacial score (nSPS) is 10.1. The smallest absolute Gasteiger partial charge is 0.287 e. The van der Waals surface area contributed by atoms with Crippen molar-refractivity contribution >= 4 is 33.2 Å². The molecule has 0 amide bonds. The van der Waals surface area contributed by atoms with Gasteiger partial charge in [-0.2, -0.15) is 0 Å². The number of hydrogen-bond donors (Lipinski definition) is 0. The van der Waals surface area contributed by atoms with Gasteiger partial charge in [0.25, 0.3) is 5.69 Å². The van der Waals surface area contributed by atoms with Crippen LogP contribution in [0.3, 0.4) is 0 Å². The Morgan fingerprint density at radius 1 is 1.33 bits per heavy atom. The summed E-state index contributed by atoms with van der Waals surface area (Å²) in [5.74, 6) is 0.796. The molecule has 0 N–H and O–H groups in total. The van der Waals surface area contributed by atoms with E-state index in [0.717, 1.165) is 6.20 Å². The summed E-state index contributed by atoms with van der Waals surface area (Å²) >= 11 is 9.10. The summed E-state index contributed by atoms with van der Waals surface area (Å²) in [6.07, 6.45) is 1.14. The summed E-state index contributed by atoms with van der Waals surface area (Å²) in [5, 5.41) is 11.0. The van der Waals surface area contributed by atoms with Crippen LogP contribution >= 0.6 is 27.5 Å². The maximum atomic E-state index is 10.5. The summed E-state index contributed by atoms with van der Waals surface area (Å²) in [6, 6.07) is 7.79. The molecule has 0 unspecified atom stereocenters. The molecule has 7 heteroatoms. The van der Waals surface area contributed by atoms with E-state index in [4.69, 9.17) is 16.3 Å². The Morgan fingerprint density at radius 2 is 2.11 bits per heavy atom. The van der Waals surface area contributed by atoms with Gasteiger partial charge in [0.15, 0.2) is 0 Å². The van der Waals surface area contributed by atoms with Gasteiger partial charge in [0.2, 0.25) is 5.88 Å². The summed E-state index contributed by atoms with van der Waals surface area (Å²) in [5.41, 5.74) is -0.0856. The zero-order valence-corrected chi connectivity index (χ0v) is 11.2. The van der Waals surface area contributed by atoms with Crippen molar-refractivity contribution in [2.24, 2.45) is 0 Å². The van der Waals surface area contributed by atoms with Gasteiger partial charge in [-0.1, -0.05) is 11.6 Å². The van der Waals surface area contributed by atoms with E-state index in [0.29, 0.717) is 15.2 Å². The molecule has 0 aliphatic rings. The van der Waals surface area contributed by atoms with Gasteiger partial charge in [-0.3, -0.25) is 10.1 Å². The first-order valence-electron chi connectivity index (χ1n) is 4.79. The second-order valence-corrected chi connectivity index (χ2v) is 4.58. The zero-order chi connectivity index (χ0) is 13.1. The Bertz CT molecular complexity index is 589. The van der Waals surface area contributed by atoms with Crippen molar-refractivity contribution in [3.63, 3.8) is 0 Å². The molecular formula is C11H6BrClN2O3. The monoisotopic (exact) mass is 328 g/mol. The molecule has 0 bridgehead atoms. The molecule has 0 saturated heterocycles. The number of pyridine rings is 1. The number of aromatic nitrogens is 1. The minimum Gasteiger partial charge on any atom is -0.438 e. The first-order valence-corrected chi connectivity index (χ1v) is 5.97. The lowest BCUT2D eigenvalue weighted by Crippen LogP contribution is -1.92. The van der Waals surface area contributed by atoms with Crippen LogP contribution in [0.15, 0.2) is 41.0 Å². The van der Waals surface area contributed by atoms with E-state index in [1.165, 1.54) is 12.1 Å². The van der Waals surface area contributed by atoms with Crippen LogP contribution in [0, 0.1) is 10.1 Å². The average molecular weight is 330 g/mol. The van der Waals surface area contributed by atoms with Crippen LogP contribution < -0.4 is 4.74 Å². The average Bonchev–Trinajstić information content (AvgIpc) is 2.33. The van der Waals surface area contributed by atoms with Crippen LogP contribution in [0.5, 0.6) is 11.6 Å². The lowest BCUT2D eigenvalue weighted by atomic mass is 10.3. The van der Waals surface area contributed by atoms with Crippen molar-refractivity contribution in [1.29, 1.82) is 0 Å². The Morgan fingerprint density at radius 3 is 2.67 bits per heavy atom. The molecule has 0 aliphatic carbocycles. The standard InChI is InChI=1S/C11H6BrClN2O3/c12-9-5-7(13)1-3-10(9)18-11-4-2-8(6-14-11)15(16)17/h1-6H. The number of rotatable bonds is 3. The molecular weight excluding hydrogens is 323 g/mol. The molecule has 1 heterocycles. The molecule has 0 aliphatic heterocycles. The van der Waals surface area contributed by atoms with Crippen LogP contribution in [-0.4, -0.2) is 9.91 Å². The number of nitro groups is 1. The molecule has 0 fully saturated rings. The van der Waals surface area contributed by atoms with Gasteiger partial charge >= 0.3 is 0 Å². The Balaban J connectivity index is 2.21. The van der Waals surface area contributed by atoms with Gasteiger partial charge in [-0.05, 0) is 34.1 Å². The van der Waals surface area contributed by atoms with Crippen LogP contribution in [0.25, 0.3) is 0 Å². The Hall–Kier alpha value is -1.66. The van der Waals surface area contributed by atoms with Gasteiger partial charge in [0, 0.05) is 17.2 Å². The highest BCUT2D eigenvalue weighted by molar-refractivity contribution is 9.10. The molecule has 92 valence electrons. The van der Waals surface area contributed by atoms with Crippen molar-refractivity contribution < 1.29 is 9.66 Å². The molecule has 18 heavy (non-hydrogen) atoms. The first-order chi connectivity index (χ1) is 8.56. The molecule has 1 aromatic heterocycles. The van der Waals surface area contributed by atoms with Gasteiger partial charge in [0.1, 0.15) is 11.9 Å². The molecule has 0 saturated carbocycles. The van der Waals surface area contributed by atoms with E-state index < -0.39 is 4.92 Å². The minimum absolute atomic E-state index is 0.0856. The Kier molecular flexibility index (Phi) is 3.78. The number of nitrogens with zero attached hydrogens (tertiary/aromatic N) is 2. The summed E-state index contributed by atoms with van der Waals surface area (Å²) in [4.78, 5) is 13.8. The van der Waals surface area contributed by atoms with Crippen LogP contribution in [0.2, 0.25) is 5.02 Å². The van der Waals surface area contributed by atoms with E-state index >= 15 is 0 Å². The highest BCUT2D eigenvalue weighted by Crippen LogP contribution is 2.31. The molecule has 0 atom stereocenters. The molecule has 2 rings (SSSR count). The van der Waals surface area contributed by atoms with Gasteiger partial charge in [0.05, 0.1) is 9.40 Å². The number of hydrogen-bond acceptors (Lipinski definition) is 4. The van der Waals surface area contributed by atoms with Crippen LogP contribution in [0.4, 0.5) is 5.69 Å². The SMILES string of the molecule is O=[N+]([O-])c1ccc(Oc2ccc(Cl)cc2Br)nc1. The Labute approximate surface area is 116 Å². The van der Waals surface area contributed by atoms with Crippen molar-refractivity contribution in [2.45, 2.75) is 0 Å². The minimum atomic E-state index is -0.519. The van der Waals surface area contributed by atoms with E-state index in [2.05, 4.69) is 20.9 Å². The van der Waals surface area contributed by atoms with E-state index in [1.807, 2.05) is 0 Å². The van der Waals surface area contributed by atoms with Gasteiger partial charge < -0.3 is 4.74 Å². The summed E-state index contributed by atoms with van der Waals surface area (Å²) in [7, 11) is 0. The highest BCUT2D eigenvalue weighted by Gasteiger charge is 2.08. The van der Waals surface area contributed by atoms with Crippen LogP contribution in [-0.2, 0) is 0 Å². The van der Waals surface area contributed by atoms with Crippen molar-refractivity contribution in [3.8, 4) is 11.6 Å². The third-order valence-electron chi connectivity index (χ3n) is 2.04. The number of ether oxygens (including phenoxy) is 1. The molecule has 2 aromatic rings.